The van der Waals surface area contributed by atoms with E-state index in [1.54, 1.807) is 6.07 Å². The molecule has 1 aromatic rings. The third-order valence-electron chi connectivity index (χ3n) is 3.34. The molecule has 0 radical (unpaired) electrons. The Balaban J connectivity index is 2.42. The maximum atomic E-state index is 11.8. The summed E-state index contributed by atoms with van der Waals surface area (Å²) in [6.07, 6.45) is 0.868. The lowest BCUT2D eigenvalue weighted by Gasteiger charge is -2.19. The van der Waals surface area contributed by atoms with Crippen molar-refractivity contribution in [3.8, 4) is 0 Å². The first-order valence-corrected chi connectivity index (χ1v) is 7.44. The smallest absolute Gasteiger partial charge is 0.317 e. The summed E-state index contributed by atoms with van der Waals surface area (Å²) in [5, 5.41) is 14.0. The van der Waals surface area contributed by atoms with Gasteiger partial charge in [-0.2, -0.15) is 0 Å². The molecule has 7 heteroatoms. The summed E-state index contributed by atoms with van der Waals surface area (Å²) in [5.74, 6) is -1.99. The van der Waals surface area contributed by atoms with Gasteiger partial charge in [0.1, 0.15) is 0 Å². The number of aliphatic carboxylic acids is 1. The van der Waals surface area contributed by atoms with Crippen molar-refractivity contribution in [1.82, 2.24) is 10.2 Å². The van der Waals surface area contributed by atoms with Gasteiger partial charge in [0, 0.05) is 19.3 Å². The first kappa shape index (κ1) is 18.5. The Morgan fingerprint density at radius 1 is 1.30 bits per heavy atom. The summed E-state index contributed by atoms with van der Waals surface area (Å²) < 4.78 is 0. The van der Waals surface area contributed by atoms with E-state index >= 15 is 0 Å². The summed E-state index contributed by atoms with van der Waals surface area (Å²) in [7, 11) is 1.48. The van der Waals surface area contributed by atoms with Crippen LogP contribution in [0.1, 0.15) is 19.4 Å². The lowest BCUT2D eigenvalue weighted by Crippen LogP contribution is -2.43. The number of carbonyl (C=O) groups excluding carboxylic acids is 2. The summed E-state index contributed by atoms with van der Waals surface area (Å²) >= 11 is 0. The molecule has 0 bridgehead atoms. The van der Waals surface area contributed by atoms with Crippen molar-refractivity contribution >= 4 is 23.6 Å². The number of carbonyl (C=O) groups is 3. The Morgan fingerprint density at radius 2 is 2.00 bits per heavy atom. The van der Waals surface area contributed by atoms with E-state index in [2.05, 4.69) is 10.6 Å². The second-order valence-corrected chi connectivity index (χ2v) is 5.38. The number of nitrogens with one attached hydrogen (secondary N) is 2. The van der Waals surface area contributed by atoms with Gasteiger partial charge in [0.25, 0.3) is 0 Å². The van der Waals surface area contributed by atoms with E-state index in [1.165, 1.54) is 18.9 Å². The van der Waals surface area contributed by atoms with Crippen LogP contribution >= 0.6 is 0 Å². The molecular weight excluding hydrogens is 298 g/mol. The molecule has 3 N–H and O–H groups in total. The van der Waals surface area contributed by atoms with Crippen LogP contribution < -0.4 is 10.6 Å². The van der Waals surface area contributed by atoms with Crippen LogP contribution in [0.25, 0.3) is 0 Å². The molecule has 0 saturated heterocycles. The lowest BCUT2D eigenvalue weighted by molar-refractivity contribution is -0.141. The summed E-state index contributed by atoms with van der Waals surface area (Å²) in [5.41, 5.74) is 1.78. The van der Waals surface area contributed by atoms with Crippen molar-refractivity contribution in [2.75, 3.05) is 25.5 Å². The fourth-order valence-electron chi connectivity index (χ4n) is 1.94. The zero-order valence-corrected chi connectivity index (χ0v) is 13.6. The molecule has 0 fully saturated rings. The minimum absolute atomic E-state index is 0.0708. The fourth-order valence-corrected chi connectivity index (χ4v) is 1.94. The fraction of sp³-hybridized carbons (Fsp3) is 0.438. The van der Waals surface area contributed by atoms with Gasteiger partial charge in [0.05, 0.1) is 12.5 Å². The molecule has 1 rings (SSSR count). The van der Waals surface area contributed by atoms with Crippen molar-refractivity contribution in [3.63, 3.8) is 0 Å². The molecule has 3 amide bonds. The molecule has 0 aliphatic heterocycles. The molecule has 0 heterocycles. The van der Waals surface area contributed by atoms with E-state index in [1.807, 2.05) is 25.1 Å². The summed E-state index contributed by atoms with van der Waals surface area (Å²) in [6, 6.07) is 6.99. The second kappa shape index (κ2) is 8.77. The number of urea groups is 1. The van der Waals surface area contributed by atoms with Crippen molar-refractivity contribution < 1.29 is 19.5 Å². The number of anilines is 1. The Morgan fingerprint density at radius 3 is 2.61 bits per heavy atom. The van der Waals surface area contributed by atoms with Crippen molar-refractivity contribution in [3.05, 3.63) is 29.8 Å². The highest BCUT2D eigenvalue weighted by Crippen LogP contribution is 2.10. The Hall–Kier alpha value is -2.57. The van der Waals surface area contributed by atoms with Gasteiger partial charge in [-0.05, 0) is 24.1 Å². The first-order valence-electron chi connectivity index (χ1n) is 7.44. The van der Waals surface area contributed by atoms with Crippen molar-refractivity contribution in [2.24, 2.45) is 5.92 Å². The van der Waals surface area contributed by atoms with Gasteiger partial charge in [0.2, 0.25) is 5.91 Å². The predicted molar refractivity (Wildman–Crippen MR) is 87.3 cm³/mol. The van der Waals surface area contributed by atoms with Gasteiger partial charge in [-0.15, -0.1) is 0 Å². The van der Waals surface area contributed by atoms with Crippen LogP contribution in [0.4, 0.5) is 10.5 Å². The number of hydrogen-bond acceptors (Lipinski definition) is 3. The highest BCUT2D eigenvalue weighted by Gasteiger charge is 2.17. The third-order valence-corrected chi connectivity index (χ3v) is 3.34. The molecule has 1 unspecified atom stereocenters. The van der Waals surface area contributed by atoms with Gasteiger partial charge in [-0.1, -0.05) is 26.0 Å². The molecule has 1 atom stereocenters. The third kappa shape index (κ3) is 6.37. The van der Waals surface area contributed by atoms with Gasteiger partial charge < -0.3 is 20.6 Å². The average Bonchev–Trinajstić information content (AvgIpc) is 2.52. The number of amides is 3. The molecule has 126 valence electrons. The molecule has 0 aliphatic rings. The standard InChI is InChI=1S/C16H23N3O4/c1-4-12-6-5-7-13(8-12)18-14(20)9-17-16(23)19(3)10-11(2)15(21)22/h5-8,11H,4,9-10H2,1-3H3,(H,17,23)(H,18,20)(H,21,22). The normalized spacial score (nSPS) is 11.4. The van der Waals surface area contributed by atoms with Crippen LogP contribution in [0.15, 0.2) is 24.3 Å². The van der Waals surface area contributed by atoms with Crippen LogP contribution in [0.3, 0.4) is 0 Å². The average molecular weight is 321 g/mol. The SMILES string of the molecule is CCc1cccc(NC(=O)CNC(=O)N(C)CC(C)C(=O)O)c1. The lowest BCUT2D eigenvalue weighted by atomic mass is 10.1. The Bertz CT molecular complexity index is 574. The van der Waals surface area contributed by atoms with E-state index in [4.69, 9.17) is 5.11 Å². The molecular formula is C16H23N3O4. The van der Waals surface area contributed by atoms with E-state index in [0.717, 1.165) is 12.0 Å². The quantitative estimate of drug-likeness (QED) is 0.709. The number of rotatable bonds is 7. The number of carboxylic acid groups (broad SMARTS) is 1. The van der Waals surface area contributed by atoms with Crippen molar-refractivity contribution in [1.29, 1.82) is 0 Å². The van der Waals surface area contributed by atoms with Crippen LogP contribution in [0, 0.1) is 5.92 Å². The summed E-state index contributed by atoms with van der Waals surface area (Å²) in [4.78, 5) is 35.6. The van der Waals surface area contributed by atoms with Gasteiger partial charge in [0.15, 0.2) is 0 Å². The van der Waals surface area contributed by atoms with Crippen LogP contribution in [-0.2, 0) is 16.0 Å². The molecule has 0 saturated carbocycles. The summed E-state index contributed by atoms with van der Waals surface area (Å²) in [6.45, 7) is 3.43. The second-order valence-electron chi connectivity index (χ2n) is 5.38. The van der Waals surface area contributed by atoms with E-state index < -0.39 is 17.9 Å². The van der Waals surface area contributed by atoms with Crippen LogP contribution in [0.5, 0.6) is 0 Å². The predicted octanol–water partition coefficient (Wildman–Crippen LogP) is 1.55. The van der Waals surface area contributed by atoms with Gasteiger partial charge >= 0.3 is 12.0 Å². The Kier molecular flexibility index (Phi) is 7.05. The largest absolute Gasteiger partial charge is 0.481 e. The minimum Gasteiger partial charge on any atom is -0.481 e. The number of hydrogen-bond donors (Lipinski definition) is 3. The monoisotopic (exact) mass is 321 g/mol. The number of carboxylic acids is 1. The van der Waals surface area contributed by atoms with Crippen molar-refractivity contribution in [2.45, 2.75) is 20.3 Å². The molecule has 0 aliphatic carbocycles. The maximum absolute atomic E-state index is 11.8. The van der Waals surface area contributed by atoms with Crippen LogP contribution in [0.2, 0.25) is 0 Å². The molecule has 1 aromatic carbocycles. The number of benzene rings is 1. The van der Waals surface area contributed by atoms with E-state index in [9.17, 15) is 14.4 Å². The number of aryl methyl sites for hydroxylation is 1. The molecule has 23 heavy (non-hydrogen) atoms. The zero-order valence-electron chi connectivity index (χ0n) is 13.6. The zero-order chi connectivity index (χ0) is 17.4. The molecule has 0 aromatic heterocycles. The van der Waals surface area contributed by atoms with Gasteiger partial charge in [-0.3, -0.25) is 9.59 Å². The number of nitrogens with zero attached hydrogens (tertiary/aromatic N) is 1. The van der Waals surface area contributed by atoms with Gasteiger partial charge in [-0.25, -0.2) is 4.79 Å². The Labute approximate surface area is 135 Å². The van der Waals surface area contributed by atoms with E-state index in [-0.39, 0.29) is 19.0 Å². The first-order chi connectivity index (χ1) is 10.8. The van der Waals surface area contributed by atoms with Crippen LogP contribution in [-0.4, -0.2) is 48.1 Å². The highest BCUT2D eigenvalue weighted by molar-refractivity contribution is 5.94. The topological polar surface area (TPSA) is 98.7 Å². The highest BCUT2D eigenvalue weighted by atomic mass is 16.4. The maximum Gasteiger partial charge on any atom is 0.317 e. The molecule has 7 nitrogen and oxygen atoms in total. The molecule has 0 spiro atoms. The van der Waals surface area contributed by atoms with E-state index in [0.29, 0.717) is 5.69 Å². The minimum atomic E-state index is -0.974.